The second-order valence-electron chi connectivity index (χ2n) is 6.81. The fraction of sp³-hybridized carbons (Fsp3) is 0.278. The van der Waals surface area contributed by atoms with E-state index in [1.807, 2.05) is 38.1 Å². The van der Waals surface area contributed by atoms with Gasteiger partial charge in [-0.25, -0.2) is 0 Å². The predicted octanol–water partition coefficient (Wildman–Crippen LogP) is 3.25. The number of benzene rings is 2. The van der Waals surface area contributed by atoms with Crippen molar-refractivity contribution in [3.63, 3.8) is 0 Å². The van der Waals surface area contributed by atoms with E-state index in [9.17, 15) is 14.9 Å². The molecule has 8 nitrogen and oxygen atoms in total. The van der Waals surface area contributed by atoms with Crippen LogP contribution in [0.1, 0.15) is 30.1 Å². The maximum Gasteiger partial charge on any atom is 0.271 e. The van der Waals surface area contributed by atoms with E-state index in [0.717, 1.165) is 33.9 Å². The van der Waals surface area contributed by atoms with Crippen LogP contribution in [0.2, 0.25) is 0 Å². The number of anilines is 4. The highest BCUT2D eigenvalue weighted by Crippen LogP contribution is 2.44. The van der Waals surface area contributed by atoms with Crippen LogP contribution in [0, 0.1) is 10.1 Å². The first kappa shape index (κ1) is 16.2. The van der Waals surface area contributed by atoms with Crippen molar-refractivity contribution < 1.29 is 9.72 Å². The minimum atomic E-state index is -0.393. The smallest absolute Gasteiger partial charge is 0.271 e. The quantitative estimate of drug-likeness (QED) is 0.579. The Bertz CT molecular complexity index is 941. The van der Waals surface area contributed by atoms with Gasteiger partial charge in [-0.15, -0.1) is 0 Å². The minimum absolute atomic E-state index is 0.00508. The molecule has 2 atom stereocenters. The summed E-state index contributed by atoms with van der Waals surface area (Å²) in [5, 5.41) is 20.8. The zero-order valence-corrected chi connectivity index (χ0v) is 14.7. The van der Waals surface area contributed by atoms with Crippen LogP contribution in [0.3, 0.4) is 0 Å². The maximum atomic E-state index is 11.8. The van der Waals surface area contributed by atoms with E-state index in [-0.39, 0.29) is 23.7 Å². The number of carbonyl (C=O) groups excluding carboxylic acids is 1. The van der Waals surface area contributed by atoms with Gasteiger partial charge in [0.15, 0.2) is 0 Å². The molecule has 2 aliphatic rings. The first-order valence-corrected chi connectivity index (χ1v) is 8.32. The summed E-state index contributed by atoms with van der Waals surface area (Å²) >= 11 is 0. The van der Waals surface area contributed by atoms with Gasteiger partial charge < -0.3 is 20.9 Å². The average Bonchev–Trinajstić information content (AvgIpc) is 3.13. The highest BCUT2D eigenvalue weighted by molar-refractivity contribution is 6.04. The molecule has 8 heteroatoms. The molecular weight excluding hydrogens is 334 g/mol. The van der Waals surface area contributed by atoms with Crippen LogP contribution < -0.4 is 20.9 Å². The third-order valence-electron chi connectivity index (χ3n) is 4.92. The molecule has 0 saturated carbocycles. The fourth-order valence-electron chi connectivity index (χ4n) is 3.48. The molecule has 2 aliphatic heterocycles. The summed E-state index contributed by atoms with van der Waals surface area (Å²) in [6, 6.07) is 8.77. The summed E-state index contributed by atoms with van der Waals surface area (Å²) in [5.74, 6) is -0.168. The summed E-state index contributed by atoms with van der Waals surface area (Å²) in [5.41, 5.74) is 5.35. The van der Waals surface area contributed by atoms with E-state index < -0.39 is 4.92 Å². The molecule has 0 bridgehead atoms. The van der Waals surface area contributed by atoms with Crippen LogP contribution in [-0.2, 0) is 4.79 Å². The minimum Gasteiger partial charge on any atom is -0.377 e. The number of hydrogen-bond donors (Lipinski definition) is 3. The maximum absolute atomic E-state index is 11.8. The van der Waals surface area contributed by atoms with Gasteiger partial charge in [0.05, 0.1) is 27.9 Å². The van der Waals surface area contributed by atoms with Crippen LogP contribution in [0.5, 0.6) is 0 Å². The zero-order chi connectivity index (χ0) is 18.6. The molecule has 134 valence electrons. The molecule has 4 rings (SSSR count). The number of nitrogens with one attached hydrogen (secondary N) is 3. The number of rotatable bonds is 3. The summed E-state index contributed by atoms with van der Waals surface area (Å²) in [6.07, 6.45) is -0.211. The first-order chi connectivity index (χ1) is 12.3. The number of nitro groups is 1. The molecular formula is C18H19N5O3. The molecule has 3 N–H and O–H groups in total. The molecule has 0 saturated heterocycles. The highest BCUT2D eigenvalue weighted by atomic mass is 16.6. The van der Waals surface area contributed by atoms with Crippen molar-refractivity contribution in [2.75, 3.05) is 34.9 Å². The summed E-state index contributed by atoms with van der Waals surface area (Å²) in [7, 11) is 3.72. The van der Waals surface area contributed by atoms with E-state index in [0.29, 0.717) is 0 Å². The number of amides is 1. The van der Waals surface area contributed by atoms with Crippen LogP contribution in [0.4, 0.5) is 28.4 Å². The average molecular weight is 353 g/mol. The van der Waals surface area contributed by atoms with Gasteiger partial charge in [0.25, 0.3) is 5.69 Å². The zero-order valence-electron chi connectivity index (χ0n) is 14.7. The van der Waals surface area contributed by atoms with Crippen LogP contribution in [0.25, 0.3) is 0 Å². The second-order valence-corrected chi connectivity index (χ2v) is 6.81. The Morgan fingerprint density at radius 2 is 1.73 bits per heavy atom. The van der Waals surface area contributed by atoms with Gasteiger partial charge in [0, 0.05) is 37.5 Å². The Kier molecular flexibility index (Phi) is 3.50. The first-order valence-electron chi connectivity index (χ1n) is 8.32. The standard InChI is InChI=1S/C18H19N5O3/c1-9-12-7-14-15(8-13(12)21-18(9)24)20-17(19-14)11-5-4-10(23(25)26)6-16(11)22(2)3/h4-9,17,19-20H,1-3H3,(H,21,24). The molecule has 2 heterocycles. The van der Waals surface area contributed by atoms with Crippen molar-refractivity contribution in [1.29, 1.82) is 0 Å². The van der Waals surface area contributed by atoms with Crippen molar-refractivity contribution in [1.82, 2.24) is 0 Å². The molecule has 0 radical (unpaired) electrons. The Hall–Kier alpha value is -3.29. The molecule has 26 heavy (non-hydrogen) atoms. The third-order valence-corrected chi connectivity index (χ3v) is 4.92. The predicted molar refractivity (Wildman–Crippen MR) is 101 cm³/mol. The van der Waals surface area contributed by atoms with Gasteiger partial charge in [-0.1, -0.05) is 0 Å². The Morgan fingerprint density at radius 3 is 2.38 bits per heavy atom. The Morgan fingerprint density at radius 1 is 1.04 bits per heavy atom. The van der Waals surface area contributed by atoms with Crippen molar-refractivity contribution in [2.45, 2.75) is 19.0 Å². The lowest BCUT2D eigenvalue weighted by atomic mass is 10.0. The normalized spacial score (nSPS) is 19.9. The van der Waals surface area contributed by atoms with Crippen molar-refractivity contribution in [3.8, 4) is 0 Å². The summed E-state index contributed by atoms with van der Waals surface area (Å²) in [4.78, 5) is 24.4. The van der Waals surface area contributed by atoms with Gasteiger partial charge in [0.2, 0.25) is 5.91 Å². The van der Waals surface area contributed by atoms with E-state index in [2.05, 4.69) is 16.0 Å². The number of fused-ring (bicyclic) bond motifs is 2. The van der Waals surface area contributed by atoms with Gasteiger partial charge in [-0.2, -0.15) is 0 Å². The summed E-state index contributed by atoms with van der Waals surface area (Å²) in [6.45, 7) is 1.88. The van der Waals surface area contributed by atoms with Crippen molar-refractivity contribution in [3.05, 3.63) is 51.6 Å². The van der Waals surface area contributed by atoms with Crippen LogP contribution in [0.15, 0.2) is 30.3 Å². The molecule has 2 unspecified atom stereocenters. The third kappa shape index (κ3) is 2.42. The monoisotopic (exact) mass is 353 g/mol. The van der Waals surface area contributed by atoms with Crippen molar-refractivity contribution in [2.24, 2.45) is 0 Å². The topological polar surface area (TPSA) is 99.5 Å². The number of carbonyl (C=O) groups is 1. The fourth-order valence-corrected chi connectivity index (χ4v) is 3.48. The van der Waals surface area contributed by atoms with Gasteiger partial charge in [-0.05, 0) is 30.7 Å². The second kappa shape index (κ2) is 5.62. The molecule has 0 aromatic heterocycles. The van der Waals surface area contributed by atoms with Crippen LogP contribution in [-0.4, -0.2) is 24.9 Å². The van der Waals surface area contributed by atoms with E-state index in [1.54, 1.807) is 12.1 Å². The SMILES string of the molecule is CC1C(=O)Nc2cc3c(cc21)NC(c1ccc([N+](=O)[O-])cc1N(C)C)N3. The molecule has 0 spiro atoms. The van der Waals surface area contributed by atoms with Gasteiger partial charge in [0.1, 0.15) is 6.17 Å². The van der Waals surface area contributed by atoms with E-state index >= 15 is 0 Å². The number of non-ortho nitro benzene ring substituents is 1. The number of hydrogen-bond acceptors (Lipinski definition) is 6. The largest absolute Gasteiger partial charge is 0.377 e. The van der Waals surface area contributed by atoms with Gasteiger partial charge >= 0.3 is 0 Å². The Labute approximate surface area is 150 Å². The lowest BCUT2D eigenvalue weighted by molar-refractivity contribution is -0.384. The van der Waals surface area contributed by atoms with Crippen LogP contribution >= 0.6 is 0 Å². The van der Waals surface area contributed by atoms with E-state index in [4.69, 9.17) is 0 Å². The number of nitro benzene ring substituents is 1. The Balaban J connectivity index is 1.69. The van der Waals surface area contributed by atoms with Crippen molar-refractivity contribution >= 4 is 34.3 Å². The molecule has 1 amide bonds. The van der Waals surface area contributed by atoms with E-state index in [1.165, 1.54) is 6.07 Å². The van der Waals surface area contributed by atoms with Gasteiger partial charge in [-0.3, -0.25) is 14.9 Å². The molecule has 0 aliphatic carbocycles. The number of nitrogens with zero attached hydrogens (tertiary/aromatic N) is 2. The lowest BCUT2D eigenvalue weighted by Crippen LogP contribution is -2.18. The summed E-state index contributed by atoms with van der Waals surface area (Å²) < 4.78 is 0. The molecule has 2 aromatic rings. The highest BCUT2D eigenvalue weighted by Gasteiger charge is 2.31. The molecule has 2 aromatic carbocycles. The molecule has 0 fully saturated rings. The lowest BCUT2D eigenvalue weighted by Gasteiger charge is -2.22.